The molecule has 0 unspecified atom stereocenters. The quantitative estimate of drug-likeness (QED) is 0.446. The van der Waals surface area contributed by atoms with Crippen molar-refractivity contribution in [3.05, 3.63) is 59.7 Å². The number of hydrogen-bond donors (Lipinski definition) is 0. The van der Waals surface area contributed by atoms with E-state index in [9.17, 15) is 14.4 Å². The van der Waals surface area contributed by atoms with E-state index in [-0.39, 0.29) is 28.0 Å². The minimum Gasteiger partial charge on any atom is -0.497 e. The lowest BCUT2D eigenvalue weighted by atomic mass is 10.1. The molecular formula is C19H13N3O6S. The van der Waals surface area contributed by atoms with Crippen LogP contribution in [0.25, 0.3) is 11.5 Å². The molecule has 4 rings (SSSR count). The van der Waals surface area contributed by atoms with E-state index in [0.29, 0.717) is 16.4 Å². The first-order valence-corrected chi connectivity index (χ1v) is 9.34. The molecule has 1 aliphatic rings. The number of aromatic nitrogens is 2. The number of benzene rings is 2. The van der Waals surface area contributed by atoms with Crippen LogP contribution in [0.3, 0.4) is 0 Å². The number of hydroxylamine groups is 2. The lowest BCUT2D eigenvalue weighted by Crippen LogP contribution is -2.33. The molecule has 29 heavy (non-hydrogen) atoms. The van der Waals surface area contributed by atoms with Crippen molar-refractivity contribution in [1.82, 2.24) is 15.3 Å². The maximum absolute atomic E-state index is 12.2. The van der Waals surface area contributed by atoms with Gasteiger partial charge < -0.3 is 14.0 Å². The van der Waals surface area contributed by atoms with Crippen molar-refractivity contribution in [2.45, 2.75) is 5.22 Å². The Labute approximate surface area is 168 Å². The van der Waals surface area contributed by atoms with Crippen LogP contribution >= 0.6 is 11.8 Å². The minimum atomic E-state index is -0.797. The van der Waals surface area contributed by atoms with Gasteiger partial charge >= 0.3 is 5.97 Å². The zero-order valence-electron chi connectivity index (χ0n) is 15.0. The van der Waals surface area contributed by atoms with Crippen molar-refractivity contribution in [1.29, 1.82) is 0 Å². The maximum atomic E-state index is 12.2. The number of nitrogens with zero attached hydrogens (tertiary/aromatic N) is 3. The molecule has 3 aromatic rings. The molecule has 0 aliphatic carbocycles. The minimum absolute atomic E-state index is 0.148. The highest BCUT2D eigenvalue weighted by Gasteiger charge is 2.38. The summed E-state index contributed by atoms with van der Waals surface area (Å²) in [6, 6.07) is 13.3. The number of imide groups is 1. The zero-order chi connectivity index (χ0) is 20.4. The summed E-state index contributed by atoms with van der Waals surface area (Å²) in [5.74, 6) is -1.40. The van der Waals surface area contributed by atoms with Gasteiger partial charge in [0.15, 0.2) is 0 Å². The summed E-state index contributed by atoms with van der Waals surface area (Å²) >= 11 is 0.933. The molecule has 0 saturated carbocycles. The fourth-order valence-corrected chi connectivity index (χ4v) is 3.15. The van der Waals surface area contributed by atoms with Gasteiger partial charge in [-0.1, -0.05) is 29.0 Å². The first-order chi connectivity index (χ1) is 14.1. The highest BCUT2D eigenvalue weighted by Crippen LogP contribution is 2.26. The number of carbonyl (C=O) groups excluding carboxylic acids is 3. The fraction of sp³-hybridized carbons (Fsp3) is 0.105. The van der Waals surface area contributed by atoms with Crippen LogP contribution in [0.4, 0.5) is 0 Å². The SMILES string of the molecule is COc1ccc(-c2nnc(SCC(=O)ON3C(=O)c4ccccc4C3=O)o2)cc1. The van der Waals surface area contributed by atoms with Crippen LogP contribution in [-0.4, -0.2) is 45.9 Å². The Balaban J connectivity index is 1.35. The van der Waals surface area contributed by atoms with E-state index in [1.165, 1.54) is 12.1 Å². The first-order valence-electron chi connectivity index (χ1n) is 8.36. The molecule has 0 N–H and O–H groups in total. The number of fused-ring (bicyclic) bond motifs is 1. The van der Waals surface area contributed by atoms with Crippen LogP contribution in [0, 0.1) is 0 Å². The van der Waals surface area contributed by atoms with Crippen molar-refractivity contribution >= 4 is 29.5 Å². The van der Waals surface area contributed by atoms with E-state index < -0.39 is 17.8 Å². The van der Waals surface area contributed by atoms with Crippen LogP contribution in [0.2, 0.25) is 0 Å². The molecule has 2 aromatic carbocycles. The molecule has 0 saturated heterocycles. The summed E-state index contributed by atoms with van der Waals surface area (Å²) in [7, 11) is 1.57. The van der Waals surface area contributed by atoms with Crippen molar-refractivity contribution in [2.75, 3.05) is 12.9 Å². The van der Waals surface area contributed by atoms with Gasteiger partial charge in [-0.15, -0.1) is 10.2 Å². The van der Waals surface area contributed by atoms with Crippen molar-refractivity contribution in [2.24, 2.45) is 0 Å². The largest absolute Gasteiger partial charge is 0.497 e. The molecule has 0 bridgehead atoms. The predicted molar refractivity (Wildman–Crippen MR) is 100 cm³/mol. The van der Waals surface area contributed by atoms with Crippen molar-refractivity contribution < 1.29 is 28.4 Å². The van der Waals surface area contributed by atoms with Gasteiger partial charge in [0.2, 0.25) is 5.89 Å². The summed E-state index contributed by atoms with van der Waals surface area (Å²) in [5, 5.41) is 8.40. The topological polar surface area (TPSA) is 112 Å². The second-order valence-corrected chi connectivity index (χ2v) is 6.73. The van der Waals surface area contributed by atoms with Gasteiger partial charge in [-0.2, -0.15) is 0 Å². The Morgan fingerprint density at radius 3 is 2.31 bits per heavy atom. The Morgan fingerprint density at radius 2 is 1.69 bits per heavy atom. The van der Waals surface area contributed by atoms with Gasteiger partial charge in [-0.3, -0.25) is 9.59 Å². The Morgan fingerprint density at radius 1 is 1.03 bits per heavy atom. The van der Waals surface area contributed by atoms with Crippen LogP contribution < -0.4 is 4.74 Å². The van der Waals surface area contributed by atoms with Crippen molar-refractivity contribution in [3.8, 4) is 17.2 Å². The standard InChI is InChI=1S/C19H13N3O6S/c1-26-12-8-6-11(7-9-12)16-20-21-19(27-16)29-10-15(23)28-22-17(24)13-4-2-3-5-14(13)18(22)25/h2-9H,10H2,1H3. The zero-order valence-corrected chi connectivity index (χ0v) is 15.8. The number of hydrogen-bond acceptors (Lipinski definition) is 9. The van der Waals surface area contributed by atoms with E-state index in [4.69, 9.17) is 14.0 Å². The second kappa shape index (κ2) is 7.76. The second-order valence-electron chi connectivity index (χ2n) is 5.80. The molecule has 0 radical (unpaired) electrons. The number of carbonyl (C=O) groups is 3. The third-order valence-corrected chi connectivity index (χ3v) is 4.80. The number of ether oxygens (including phenoxy) is 1. The monoisotopic (exact) mass is 411 g/mol. The average molecular weight is 411 g/mol. The van der Waals surface area contributed by atoms with Gasteiger partial charge in [0, 0.05) is 5.56 Å². The summed E-state index contributed by atoms with van der Waals surface area (Å²) in [4.78, 5) is 41.4. The molecule has 0 spiro atoms. The first kappa shape index (κ1) is 18.7. The summed E-state index contributed by atoms with van der Waals surface area (Å²) in [6.07, 6.45) is 0. The smallest absolute Gasteiger partial charge is 0.343 e. The van der Waals surface area contributed by atoms with E-state index in [1.54, 1.807) is 43.5 Å². The molecule has 1 aliphatic heterocycles. The van der Waals surface area contributed by atoms with Crippen molar-refractivity contribution in [3.63, 3.8) is 0 Å². The third-order valence-electron chi connectivity index (χ3n) is 4.01. The van der Waals surface area contributed by atoms with E-state index in [1.807, 2.05) is 0 Å². The van der Waals surface area contributed by atoms with Gasteiger partial charge in [-0.05, 0) is 36.4 Å². The molecule has 1 aromatic heterocycles. The number of amides is 2. The number of methoxy groups -OCH3 is 1. The predicted octanol–water partition coefficient (Wildman–Crippen LogP) is 2.59. The van der Waals surface area contributed by atoms with E-state index in [2.05, 4.69) is 10.2 Å². The summed E-state index contributed by atoms with van der Waals surface area (Å²) < 4.78 is 10.6. The molecule has 146 valence electrons. The lowest BCUT2D eigenvalue weighted by Gasteiger charge is -2.11. The summed E-state index contributed by atoms with van der Waals surface area (Å²) in [5.41, 5.74) is 1.08. The normalized spacial score (nSPS) is 12.8. The van der Waals surface area contributed by atoms with E-state index >= 15 is 0 Å². The maximum Gasteiger partial charge on any atom is 0.343 e. The molecule has 2 heterocycles. The highest BCUT2D eigenvalue weighted by atomic mass is 32.2. The molecule has 0 atom stereocenters. The van der Waals surface area contributed by atoms with Crippen LogP contribution in [-0.2, 0) is 9.63 Å². The lowest BCUT2D eigenvalue weighted by molar-refractivity contribution is -0.165. The number of thioether (sulfide) groups is 1. The Kier molecular flexibility index (Phi) is 5.00. The van der Waals surface area contributed by atoms with Gasteiger partial charge in [0.25, 0.3) is 17.0 Å². The molecular weight excluding hydrogens is 398 g/mol. The molecule has 9 nitrogen and oxygen atoms in total. The highest BCUT2D eigenvalue weighted by molar-refractivity contribution is 7.99. The Bertz CT molecular complexity index is 1060. The van der Waals surface area contributed by atoms with Crippen LogP contribution in [0.15, 0.2) is 58.2 Å². The molecule has 2 amide bonds. The Hall–Kier alpha value is -3.66. The van der Waals surface area contributed by atoms with Crippen LogP contribution in [0.5, 0.6) is 5.75 Å². The summed E-state index contributed by atoms with van der Waals surface area (Å²) in [6.45, 7) is 0. The fourth-order valence-electron chi connectivity index (χ4n) is 2.62. The van der Waals surface area contributed by atoms with Gasteiger partial charge in [-0.25, -0.2) is 4.79 Å². The third kappa shape index (κ3) is 3.69. The molecule has 0 fully saturated rings. The van der Waals surface area contributed by atoms with Gasteiger partial charge in [0.1, 0.15) is 11.5 Å². The average Bonchev–Trinajstić information content (AvgIpc) is 3.32. The van der Waals surface area contributed by atoms with Gasteiger partial charge in [0.05, 0.1) is 18.2 Å². The number of rotatable bonds is 6. The molecule has 10 heteroatoms. The van der Waals surface area contributed by atoms with E-state index in [0.717, 1.165) is 11.8 Å². The van der Waals surface area contributed by atoms with Crippen LogP contribution in [0.1, 0.15) is 20.7 Å².